The van der Waals surface area contributed by atoms with Crippen LogP contribution in [0.5, 0.6) is 0 Å². The Kier molecular flexibility index (Phi) is 6.42. The third-order valence-corrected chi connectivity index (χ3v) is 6.39. The second kappa shape index (κ2) is 8.61. The molecule has 1 unspecified atom stereocenters. The standard InChI is InChI=1S/C19H20Cl2N2O3S/c20-15-6-3-5-14(13-15)10-12-27(25,26)22-17-8-4-11-23(19(17)24)18-9-2-1-7-16(18)21/h1-3,5-7,9,13,17,22H,4,8,10-12H2. The molecule has 5 nitrogen and oxygen atoms in total. The lowest BCUT2D eigenvalue weighted by Gasteiger charge is -2.33. The summed E-state index contributed by atoms with van der Waals surface area (Å²) in [5, 5.41) is 1.03. The molecule has 0 saturated carbocycles. The zero-order valence-electron chi connectivity index (χ0n) is 14.6. The summed E-state index contributed by atoms with van der Waals surface area (Å²) in [5.74, 6) is -0.385. The van der Waals surface area contributed by atoms with Gasteiger partial charge in [-0.05, 0) is 49.1 Å². The summed E-state index contributed by atoms with van der Waals surface area (Å²) in [5.41, 5.74) is 1.44. The normalized spacial score (nSPS) is 17.9. The van der Waals surface area contributed by atoms with Crippen LogP contribution >= 0.6 is 23.2 Å². The van der Waals surface area contributed by atoms with Gasteiger partial charge < -0.3 is 4.90 Å². The zero-order valence-corrected chi connectivity index (χ0v) is 16.9. The van der Waals surface area contributed by atoms with Gasteiger partial charge in [-0.2, -0.15) is 0 Å². The minimum Gasteiger partial charge on any atom is -0.310 e. The molecule has 144 valence electrons. The zero-order chi connectivity index (χ0) is 19.4. The van der Waals surface area contributed by atoms with Crippen molar-refractivity contribution in [1.29, 1.82) is 0 Å². The molecule has 1 N–H and O–H groups in total. The Morgan fingerprint density at radius 3 is 2.63 bits per heavy atom. The highest BCUT2D eigenvalue weighted by Gasteiger charge is 2.33. The van der Waals surface area contributed by atoms with Crippen LogP contribution in [0.4, 0.5) is 5.69 Å². The summed E-state index contributed by atoms with van der Waals surface area (Å²) in [7, 11) is -3.61. The fraction of sp³-hybridized carbons (Fsp3) is 0.316. The van der Waals surface area contributed by atoms with Crippen molar-refractivity contribution in [3.05, 3.63) is 64.1 Å². The first-order chi connectivity index (χ1) is 12.9. The summed E-state index contributed by atoms with van der Waals surface area (Å²) < 4.78 is 27.5. The highest BCUT2D eigenvalue weighted by atomic mass is 35.5. The Hall–Kier alpha value is -1.60. The molecular formula is C19H20Cl2N2O3S. The molecule has 1 heterocycles. The molecule has 0 bridgehead atoms. The van der Waals surface area contributed by atoms with E-state index >= 15 is 0 Å². The van der Waals surface area contributed by atoms with Crippen LogP contribution in [0.2, 0.25) is 10.0 Å². The molecule has 27 heavy (non-hydrogen) atoms. The van der Waals surface area contributed by atoms with Gasteiger partial charge in [0.2, 0.25) is 15.9 Å². The first kappa shape index (κ1) is 20.1. The van der Waals surface area contributed by atoms with Gasteiger partial charge in [0.15, 0.2) is 0 Å². The molecule has 8 heteroatoms. The van der Waals surface area contributed by atoms with Gasteiger partial charge in [-0.15, -0.1) is 0 Å². The Morgan fingerprint density at radius 2 is 1.89 bits per heavy atom. The quantitative estimate of drug-likeness (QED) is 0.766. The first-order valence-corrected chi connectivity index (χ1v) is 11.1. The van der Waals surface area contributed by atoms with Crippen molar-refractivity contribution >= 4 is 44.8 Å². The van der Waals surface area contributed by atoms with Gasteiger partial charge in [-0.1, -0.05) is 47.5 Å². The number of sulfonamides is 1. The van der Waals surface area contributed by atoms with Gasteiger partial charge in [0, 0.05) is 11.6 Å². The molecule has 2 aromatic carbocycles. The predicted octanol–water partition coefficient (Wildman–Crippen LogP) is 3.65. The van der Waals surface area contributed by atoms with Crippen LogP contribution in [0.15, 0.2) is 48.5 Å². The van der Waals surface area contributed by atoms with Crippen molar-refractivity contribution in [2.24, 2.45) is 0 Å². The molecule has 1 amide bonds. The minimum atomic E-state index is -3.61. The second-order valence-corrected chi connectivity index (χ2v) is 9.17. The van der Waals surface area contributed by atoms with E-state index < -0.39 is 16.1 Å². The molecule has 1 fully saturated rings. The van der Waals surface area contributed by atoms with Crippen LogP contribution in [-0.2, 0) is 21.2 Å². The number of hydrogen-bond donors (Lipinski definition) is 1. The predicted molar refractivity (Wildman–Crippen MR) is 109 cm³/mol. The summed E-state index contributed by atoms with van der Waals surface area (Å²) in [6.07, 6.45) is 1.49. The van der Waals surface area contributed by atoms with Crippen molar-refractivity contribution in [2.45, 2.75) is 25.3 Å². The highest BCUT2D eigenvalue weighted by Crippen LogP contribution is 2.28. The van der Waals surface area contributed by atoms with Crippen LogP contribution < -0.4 is 9.62 Å². The Morgan fingerprint density at radius 1 is 1.11 bits per heavy atom. The minimum absolute atomic E-state index is 0.108. The smallest absolute Gasteiger partial charge is 0.245 e. The largest absolute Gasteiger partial charge is 0.310 e. The summed E-state index contributed by atoms with van der Waals surface area (Å²) in [6, 6.07) is 13.4. The van der Waals surface area contributed by atoms with Crippen LogP contribution in [0.1, 0.15) is 18.4 Å². The van der Waals surface area contributed by atoms with Gasteiger partial charge in [-0.3, -0.25) is 4.79 Å². The van der Waals surface area contributed by atoms with Crippen LogP contribution in [0, 0.1) is 0 Å². The summed E-state index contributed by atoms with van der Waals surface area (Å²) in [4.78, 5) is 14.3. The number of nitrogens with zero attached hydrogens (tertiary/aromatic N) is 1. The second-order valence-electron chi connectivity index (χ2n) is 6.45. The third-order valence-electron chi connectivity index (χ3n) is 4.45. The summed E-state index contributed by atoms with van der Waals surface area (Å²) in [6.45, 7) is 0.517. The topological polar surface area (TPSA) is 66.5 Å². The van der Waals surface area contributed by atoms with E-state index in [9.17, 15) is 13.2 Å². The molecule has 0 aliphatic carbocycles. The number of carbonyl (C=O) groups is 1. The molecule has 0 spiro atoms. The summed E-state index contributed by atoms with van der Waals surface area (Å²) >= 11 is 12.1. The van der Waals surface area contributed by atoms with E-state index in [1.54, 1.807) is 47.4 Å². The van der Waals surface area contributed by atoms with E-state index in [0.29, 0.717) is 41.5 Å². The number of anilines is 1. The molecule has 1 aliphatic rings. The fourth-order valence-corrected chi connectivity index (χ4v) is 4.84. The van der Waals surface area contributed by atoms with E-state index in [1.807, 2.05) is 6.07 Å². The maximum Gasteiger partial charge on any atom is 0.245 e. The number of halogens is 2. The van der Waals surface area contributed by atoms with E-state index in [0.717, 1.165) is 5.56 Å². The lowest BCUT2D eigenvalue weighted by molar-refractivity contribution is -0.121. The molecule has 0 radical (unpaired) electrons. The van der Waals surface area contributed by atoms with Crippen molar-refractivity contribution < 1.29 is 13.2 Å². The fourth-order valence-electron chi connectivity index (χ4n) is 3.11. The SMILES string of the molecule is O=C1C(NS(=O)(=O)CCc2cccc(Cl)c2)CCCN1c1ccccc1Cl. The molecule has 1 atom stereocenters. The molecule has 1 aliphatic heterocycles. The Bertz CT molecular complexity index is 934. The first-order valence-electron chi connectivity index (χ1n) is 8.66. The molecule has 1 saturated heterocycles. The van der Waals surface area contributed by atoms with Gasteiger partial charge >= 0.3 is 0 Å². The van der Waals surface area contributed by atoms with E-state index in [-0.39, 0.29) is 11.7 Å². The number of nitrogens with one attached hydrogen (secondary N) is 1. The Labute approximate surface area is 169 Å². The maximum absolute atomic E-state index is 12.8. The average Bonchev–Trinajstić information content (AvgIpc) is 2.63. The molecule has 0 aromatic heterocycles. The number of carbonyl (C=O) groups excluding carboxylic acids is 1. The van der Waals surface area contributed by atoms with E-state index in [2.05, 4.69) is 4.72 Å². The maximum atomic E-state index is 12.8. The molecule has 3 rings (SSSR count). The van der Waals surface area contributed by atoms with E-state index in [4.69, 9.17) is 23.2 Å². The number of amides is 1. The van der Waals surface area contributed by atoms with Crippen molar-refractivity contribution in [1.82, 2.24) is 4.72 Å². The monoisotopic (exact) mass is 426 g/mol. The number of piperidine rings is 1. The highest BCUT2D eigenvalue weighted by molar-refractivity contribution is 7.89. The number of aryl methyl sites for hydroxylation is 1. The average molecular weight is 427 g/mol. The Balaban J connectivity index is 1.67. The van der Waals surface area contributed by atoms with Crippen LogP contribution in [0.25, 0.3) is 0 Å². The number of benzene rings is 2. The van der Waals surface area contributed by atoms with Gasteiger partial charge in [0.25, 0.3) is 0 Å². The molecular weight excluding hydrogens is 407 g/mol. The number of rotatable bonds is 6. The lowest BCUT2D eigenvalue weighted by Crippen LogP contribution is -2.53. The third kappa shape index (κ3) is 5.23. The van der Waals surface area contributed by atoms with Crippen molar-refractivity contribution in [3.63, 3.8) is 0 Å². The lowest BCUT2D eigenvalue weighted by atomic mass is 10.0. The van der Waals surface area contributed by atoms with Gasteiger partial charge in [0.05, 0.1) is 16.5 Å². The van der Waals surface area contributed by atoms with Crippen molar-refractivity contribution in [3.8, 4) is 0 Å². The van der Waals surface area contributed by atoms with Crippen LogP contribution in [-0.4, -0.2) is 32.7 Å². The van der Waals surface area contributed by atoms with Gasteiger partial charge in [-0.25, -0.2) is 13.1 Å². The number of hydrogen-bond acceptors (Lipinski definition) is 3. The van der Waals surface area contributed by atoms with Gasteiger partial charge in [0.1, 0.15) is 6.04 Å². The van der Waals surface area contributed by atoms with Crippen molar-refractivity contribution in [2.75, 3.05) is 17.2 Å². The molecule has 2 aromatic rings. The number of para-hydroxylation sites is 1. The van der Waals surface area contributed by atoms with E-state index in [1.165, 1.54) is 0 Å². The van der Waals surface area contributed by atoms with Crippen LogP contribution in [0.3, 0.4) is 0 Å².